The van der Waals surface area contributed by atoms with Crippen molar-refractivity contribution < 1.29 is 14.6 Å². The van der Waals surface area contributed by atoms with Gasteiger partial charge in [0.05, 0.1) is 9.77 Å². The van der Waals surface area contributed by atoms with Crippen LogP contribution in [0, 0.1) is 26.7 Å². The highest BCUT2D eigenvalue weighted by Gasteiger charge is 2.65. The molecule has 180 valence electrons. The molecule has 4 bridgehead atoms. The molecule has 1 aromatic rings. The number of amides is 1. The van der Waals surface area contributed by atoms with Crippen LogP contribution >= 0.6 is 22.6 Å². The zero-order valence-corrected chi connectivity index (χ0v) is 22.5. The summed E-state index contributed by atoms with van der Waals surface area (Å²) in [4.78, 5) is 12.0. The van der Waals surface area contributed by atoms with Gasteiger partial charge in [-0.25, -0.2) is 4.79 Å². The average Bonchev–Trinajstić information content (AvgIpc) is 2.86. The first-order valence-electron chi connectivity index (χ1n) is 11.7. The first-order valence-corrected chi connectivity index (χ1v) is 12.8. The lowest BCUT2D eigenvalue weighted by Gasteiger charge is -2.70. The fourth-order valence-electron chi connectivity index (χ4n) is 8.06. The molecule has 1 heterocycles. The minimum absolute atomic E-state index is 0.0550. The summed E-state index contributed by atoms with van der Waals surface area (Å²) >= 11 is 2.36. The second-order valence-electron chi connectivity index (χ2n) is 12.8. The van der Waals surface area contributed by atoms with Crippen molar-refractivity contribution in [2.45, 2.75) is 104 Å². The summed E-state index contributed by atoms with van der Waals surface area (Å²) < 4.78 is 8.70. The summed E-state index contributed by atoms with van der Waals surface area (Å²) in [5.41, 5.74) is 1.37. The van der Waals surface area contributed by atoms with E-state index in [0.717, 1.165) is 25.8 Å². The Morgan fingerprint density at radius 2 is 1.84 bits per heavy atom. The molecule has 0 spiro atoms. The quantitative estimate of drug-likeness (QED) is 0.357. The van der Waals surface area contributed by atoms with Crippen molar-refractivity contribution in [2.24, 2.45) is 16.2 Å². The minimum Gasteiger partial charge on any atom is -0.445 e. The molecule has 1 aromatic heterocycles. The van der Waals surface area contributed by atoms with Crippen LogP contribution in [0.15, 0.2) is 6.20 Å². The SMILES string of the molecule is Cc1c(I)cnn1CC12CC3(C)CC(C)(C1)CC(NC(O)COC(=O)NC(C)(C)C)(C3)C2. The number of aliphatic hydroxyl groups is 1. The van der Waals surface area contributed by atoms with E-state index in [1.165, 1.54) is 28.5 Å². The molecule has 0 aromatic carbocycles. The average molecular weight is 559 g/mol. The van der Waals surface area contributed by atoms with Crippen molar-refractivity contribution in [2.75, 3.05) is 6.61 Å². The Labute approximate surface area is 205 Å². The van der Waals surface area contributed by atoms with Gasteiger partial charge < -0.3 is 15.2 Å². The Hall–Kier alpha value is -0.870. The van der Waals surface area contributed by atoms with Crippen molar-refractivity contribution in [3.05, 3.63) is 15.5 Å². The highest BCUT2D eigenvalue weighted by atomic mass is 127. The first-order chi connectivity index (χ1) is 14.6. The predicted octanol–water partition coefficient (Wildman–Crippen LogP) is 4.35. The zero-order valence-electron chi connectivity index (χ0n) is 20.3. The summed E-state index contributed by atoms with van der Waals surface area (Å²) in [5.74, 6) is 0. The lowest BCUT2D eigenvalue weighted by molar-refractivity contribution is -0.181. The lowest BCUT2D eigenvalue weighted by atomic mass is 9.38. The van der Waals surface area contributed by atoms with E-state index >= 15 is 0 Å². The molecule has 3 atom stereocenters. The summed E-state index contributed by atoms with van der Waals surface area (Å²) in [6, 6.07) is 0. The number of rotatable bonds is 6. The molecule has 3 unspecified atom stereocenters. The number of carbonyl (C=O) groups excluding carboxylic acids is 1. The maximum absolute atomic E-state index is 12.0. The van der Waals surface area contributed by atoms with E-state index in [1.54, 1.807) is 0 Å². The van der Waals surface area contributed by atoms with Crippen molar-refractivity contribution in [3.63, 3.8) is 0 Å². The third kappa shape index (κ3) is 4.97. The number of ether oxygens (including phenoxy) is 1. The van der Waals surface area contributed by atoms with E-state index in [9.17, 15) is 9.90 Å². The molecule has 0 saturated heterocycles. The van der Waals surface area contributed by atoms with Gasteiger partial charge in [0.25, 0.3) is 0 Å². The van der Waals surface area contributed by atoms with Crippen LogP contribution in [-0.4, -0.2) is 44.9 Å². The number of carbonyl (C=O) groups is 1. The topological polar surface area (TPSA) is 88.4 Å². The van der Waals surface area contributed by atoms with Gasteiger partial charge in [-0.1, -0.05) is 13.8 Å². The molecule has 3 N–H and O–H groups in total. The van der Waals surface area contributed by atoms with Gasteiger partial charge in [0.2, 0.25) is 0 Å². The van der Waals surface area contributed by atoms with E-state index in [2.05, 4.69) is 63.8 Å². The van der Waals surface area contributed by atoms with Crippen molar-refractivity contribution in [3.8, 4) is 0 Å². The highest BCUT2D eigenvalue weighted by Crippen LogP contribution is 2.71. The number of alkyl carbamates (subject to hydrolysis) is 1. The first kappa shape index (κ1) is 24.3. The third-order valence-corrected chi connectivity index (χ3v) is 8.61. The largest absolute Gasteiger partial charge is 0.445 e. The van der Waals surface area contributed by atoms with Crippen molar-refractivity contribution in [1.29, 1.82) is 0 Å². The molecular formula is C24H39IN4O3. The van der Waals surface area contributed by atoms with E-state index < -0.39 is 12.3 Å². The molecule has 1 amide bonds. The lowest BCUT2D eigenvalue weighted by Crippen LogP contribution is -2.69. The van der Waals surface area contributed by atoms with Crippen LogP contribution in [0.1, 0.15) is 78.8 Å². The Balaban J connectivity index is 1.50. The fraction of sp³-hybridized carbons (Fsp3) is 0.833. The summed E-state index contributed by atoms with van der Waals surface area (Å²) in [5, 5.41) is 21.8. The third-order valence-electron chi connectivity index (χ3n) is 7.55. The van der Waals surface area contributed by atoms with Gasteiger partial charge in [0.1, 0.15) is 12.8 Å². The number of nitrogens with one attached hydrogen (secondary N) is 2. The van der Waals surface area contributed by atoms with Crippen LogP contribution in [0.4, 0.5) is 4.79 Å². The summed E-state index contributed by atoms with van der Waals surface area (Å²) in [6.45, 7) is 13.6. The van der Waals surface area contributed by atoms with E-state index in [-0.39, 0.29) is 33.9 Å². The Bertz CT molecular complexity index is 874. The van der Waals surface area contributed by atoms with E-state index in [4.69, 9.17) is 4.74 Å². The van der Waals surface area contributed by atoms with Gasteiger partial charge in [0.15, 0.2) is 0 Å². The molecule has 0 aliphatic heterocycles. The van der Waals surface area contributed by atoms with Crippen LogP contribution in [0.3, 0.4) is 0 Å². The number of hydrogen-bond donors (Lipinski definition) is 3. The van der Waals surface area contributed by atoms with Crippen molar-refractivity contribution in [1.82, 2.24) is 20.4 Å². The second-order valence-corrected chi connectivity index (χ2v) is 14.0. The Kier molecular flexibility index (Phi) is 5.94. The van der Waals surface area contributed by atoms with E-state index in [0.29, 0.717) is 0 Å². The predicted molar refractivity (Wildman–Crippen MR) is 132 cm³/mol. The normalized spacial score (nSPS) is 36.9. The number of nitrogens with zero attached hydrogens (tertiary/aromatic N) is 2. The zero-order chi connectivity index (χ0) is 23.6. The number of aliphatic hydroxyl groups excluding tert-OH is 1. The van der Waals surface area contributed by atoms with Gasteiger partial charge in [-0.15, -0.1) is 0 Å². The van der Waals surface area contributed by atoms with Crippen molar-refractivity contribution >= 4 is 28.7 Å². The summed E-state index contributed by atoms with van der Waals surface area (Å²) in [7, 11) is 0. The highest BCUT2D eigenvalue weighted by molar-refractivity contribution is 14.1. The van der Waals surface area contributed by atoms with Crippen LogP contribution < -0.4 is 10.6 Å². The van der Waals surface area contributed by atoms with Gasteiger partial charge in [-0.3, -0.25) is 10.00 Å². The Morgan fingerprint density at radius 1 is 1.22 bits per heavy atom. The fourth-order valence-corrected chi connectivity index (χ4v) is 8.46. The molecule has 8 heteroatoms. The van der Waals surface area contributed by atoms with Crippen LogP contribution in [0.25, 0.3) is 0 Å². The molecule has 7 nitrogen and oxygen atoms in total. The standard InChI is InChI=1S/C24H39IN4O3/c1-16-17(25)7-26-29(16)15-23-10-21(5)9-22(6,11-23)13-24(12-21,14-23)27-18(30)8-32-19(31)28-20(2,3)4/h7,18,27,30H,8-15H2,1-6H3,(H,28,31). The molecule has 0 radical (unpaired) electrons. The number of aromatic nitrogens is 2. The summed E-state index contributed by atoms with van der Waals surface area (Å²) in [6.07, 6.45) is 7.35. The van der Waals surface area contributed by atoms with E-state index in [1.807, 2.05) is 27.0 Å². The molecule has 5 rings (SSSR count). The maximum atomic E-state index is 12.0. The van der Waals surface area contributed by atoms with Gasteiger partial charge in [-0.2, -0.15) is 5.10 Å². The Morgan fingerprint density at radius 3 is 2.38 bits per heavy atom. The molecule has 4 fully saturated rings. The van der Waals surface area contributed by atoms with Crippen LogP contribution in [-0.2, 0) is 11.3 Å². The molecule has 32 heavy (non-hydrogen) atoms. The maximum Gasteiger partial charge on any atom is 0.407 e. The molecular weight excluding hydrogens is 519 g/mol. The van der Waals surface area contributed by atoms with Gasteiger partial charge in [-0.05, 0) is 105 Å². The monoisotopic (exact) mass is 558 g/mol. The minimum atomic E-state index is -0.881. The van der Waals surface area contributed by atoms with Crippen LogP contribution in [0.2, 0.25) is 0 Å². The second kappa shape index (κ2) is 7.83. The number of hydrogen-bond acceptors (Lipinski definition) is 5. The van der Waals surface area contributed by atoms with Gasteiger partial charge >= 0.3 is 6.09 Å². The molecule has 4 aliphatic carbocycles. The smallest absolute Gasteiger partial charge is 0.407 e. The molecule has 4 saturated carbocycles. The van der Waals surface area contributed by atoms with Gasteiger partial charge in [0, 0.05) is 23.3 Å². The number of halogens is 1. The molecule has 4 aliphatic rings. The van der Waals surface area contributed by atoms with Crippen LogP contribution in [0.5, 0.6) is 0 Å².